The second-order valence-electron chi connectivity index (χ2n) is 2.55. The molecule has 6 nitrogen and oxygen atoms in total. The minimum atomic E-state index is -0.672. The number of nitro benzene ring substituents is 2. The lowest BCUT2D eigenvalue weighted by atomic mass is 10.1. The summed E-state index contributed by atoms with van der Waals surface area (Å²) in [6, 6.07) is 3.48. The second-order valence-corrected chi connectivity index (χ2v) is 3.08. The lowest BCUT2D eigenvalue weighted by Crippen LogP contribution is -1.94. The molecule has 0 aliphatic heterocycles. The average Bonchev–Trinajstić information content (AvgIpc) is 2.18. The molecule has 0 amide bonds. The minimum absolute atomic E-state index is 0.292. The van der Waals surface area contributed by atoms with Gasteiger partial charge in [0.15, 0.2) is 0 Å². The number of hydrogen-bond acceptors (Lipinski definition) is 4. The third-order valence-corrected chi connectivity index (χ3v) is 1.93. The van der Waals surface area contributed by atoms with Gasteiger partial charge >= 0.3 is 0 Å². The van der Waals surface area contributed by atoms with Crippen molar-refractivity contribution in [1.82, 2.24) is 0 Å². The first-order valence-corrected chi connectivity index (χ1v) is 4.67. The van der Waals surface area contributed by atoms with Crippen molar-refractivity contribution < 1.29 is 9.85 Å². The predicted molar refractivity (Wildman–Crippen MR) is 57.7 cm³/mol. The van der Waals surface area contributed by atoms with Crippen molar-refractivity contribution >= 4 is 33.4 Å². The molecule has 0 saturated heterocycles. The van der Waals surface area contributed by atoms with Gasteiger partial charge < -0.3 is 0 Å². The molecular weight excluding hydrogens is 268 g/mol. The first-order valence-electron chi connectivity index (χ1n) is 3.76. The van der Waals surface area contributed by atoms with E-state index in [0.29, 0.717) is 5.56 Å². The first-order chi connectivity index (χ1) is 7.06. The number of hydrogen-bond donors (Lipinski definition) is 0. The molecule has 0 heterocycles. The summed E-state index contributed by atoms with van der Waals surface area (Å²) in [6.07, 6.45) is 1.45. The summed E-state index contributed by atoms with van der Waals surface area (Å²) in [6.45, 7) is 0. The van der Waals surface area contributed by atoms with E-state index in [0.717, 1.165) is 6.07 Å². The summed E-state index contributed by atoms with van der Waals surface area (Å²) in [5.74, 6) is 0. The molecule has 78 valence electrons. The van der Waals surface area contributed by atoms with E-state index in [-0.39, 0.29) is 11.4 Å². The van der Waals surface area contributed by atoms with Crippen molar-refractivity contribution in [2.24, 2.45) is 0 Å². The highest BCUT2D eigenvalue weighted by Gasteiger charge is 2.17. The van der Waals surface area contributed by atoms with Gasteiger partial charge in [-0.1, -0.05) is 15.9 Å². The molecule has 1 rings (SSSR count). The van der Waals surface area contributed by atoms with Crippen LogP contribution in [-0.2, 0) is 0 Å². The van der Waals surface area contributed by atoms with Crippen LogP contribution in [0.2, 0.25) is 0 Å². The highest BCUT2D eigenvalue weighted by atomic mass is 79.9. The molecule has 15 heavy (non-hydrogen) atoms. The maximum atomic E-state index is 10.6. The largest absolute Gasteiger partial charge is 0.283 e. The molecule has 1 aromatic carbocycles. The van der Waals surface area contributed by atoms with Gasteiger partial charge in [0.2, 0.25) is 0 Å². The van der Waals surface area contributed by atoms with Crippen molar-refractivity contribution in [3.05, 3.63) is 49.0 Å². The first kappa shape index (κ1) is 11.3. The standard InChI is InChI=1S/C8H5BrN2O4/c9-4-3-6-1-2-7(10(12)13)5-8(6)11(14)15/h1-5H. The van der Waals surface area contributed by atoms with Crippen LogP contribution in [0, 0.1) is 20.2 Å². The smallest absolute Gasteiger partial charge is 0.258 e. The number of benzene rings is 1. The normalized spacial score (nSPS) is 10.5. The maximum Gasteiger partial charge on any atom is 0.283 e. The highest BCUT2D eigenvalue weighted by molar-refractivity contribution is 9.11. The van der Waals surface area contributed by atoms with Crippen LogP contribution in [0.1, 0.15) is 5.56 Å². The summed E-state index contributed by atoms with van der Waals surface area (Å²) in [4.78, 5) is 21.1. The number of nitrogens with zero attached hydrogens (tertiary/aromatic N) is 2. The Morgan fingerprint density at radius 3 is 2.33 bits per heavy atom. The molecule has 0 atom stereocenters. The molecule has 0 unspecified atom stereocenters. The quantitative estimate of drug-likeness (QED) is 0.625. The van der Waals surface area contributed by atoms with Gasteiger partial charge in [0.05, 0.1) is 21.5 Å². The van der Waals surface area contributed by atoms with E-state index in [1.807, 2.05) is 0 Å². The van der Waals surface area contributed by atoms with Crippen LogP contribution < -0.4 is 0 Å². The van der Waals surface area contributed by atoms with E-state index in [4.69, 9.17) is 0 Å². The van der Waals surface area contributed by atoms with E-state index < -0.39 is 9.85 Å². The third-order valence-electron chi connectivity index (χ3n) is 1.66. The molecule has 1 aromatic rings. The fraction of sp³-hybridized carbons (Fsp3) is 0. The van der Waals surface area contributed by atoms with Gasteiger partial charge in [-0.2, -0.15) is 0 Å². The zero-order valence-corrected chi connectivity index (χ0v) is 8.88. The van der Waals surface area contributed by atoms with Crippen molar-refractivity contribution in [3.8, 4) is 0 Å². The second kappa shape index (κ2) is 4.65. The van der Waals surface area contributed by atoms with E-state index in [2.05, 4.69) is 15.9 Å². The third kappa shape index (κ3) is 2.59. The summed E-state index contributed by atoms with van der Waals surface area (Å²) in [5, 5.41) is 21.0. The number of halogens is 1. The van der Waals surface area contributed by atoms with Gasteiger partial charge in [-0.05, 0) is 17.1 Å². The molecular formula is C8H5BrN2O4. The average molecular weight is 273 g/mol. The number of non-ortho nitro benzene ring substituents is 1. The van der Waals surface area contributed by atoms with Crippen molar-refractivity contribution in [2.75, 3.05) is 0 Å². The summed E-state index contributed by atoms with van der Waals surface area (Å²) in [7, 11) is 0. The van der Waals surface area contributed by atoms with Crippen molar-refractivity contribution in [1.29, 1.82) is 0 Å². The van der Waals surface area contributed by atoms with Crippen LogP contribution in [0.15, 0.2) is 23.2 Å². The van der Waals surface area contributed by atoms with Gasteiger partial charge in [0.25, 0.3) is 11.4 Å². The van der Waals surface area contributed by atoms with Gasteiger partial charge in [-0.15, -0.1) is 0 Å². The van der Waals surface area contributed by atoms with Crippen LogP contribution in [0.5, 0.6) is 0 Å². The molecule has 0 fully saturated rings. The van der Waals surface area contributed by atoms with Gasteiger partial charge in [-0.25, -0.2) is 0 Å². The minimum Gasteiger partial charge on any atom is -0.258 e. The molecule has 0 aliphatic carbocycles. The molecule has 0 radical (unpaired) electrons. The zero-order valence-electron chi connectivity index (χ0n) is 7.29. The summed E-state index contributed by atoms with van der Waals surface area (Å²) >= 11 is 2.98. The molecule has 0 aliphatic rings. The van der Waals surface area contributed by atoms with E-state index in [1.165, 1.54) is 23.2 Å². The zero-order chi connectivity index (χ0) is 11.4. The highest BCUT2D eigenvalue weighted by Crippen LogP contribution is 2.25. The Bertz CT molecular complexity index is 444. The Labute approximate surface area is 92.6 Å². The molecule has 0 N–H and O–H groups in total. The lowest BCUT2D eigenvalue weighted by Gasteiger charge is -1.96. The Morgan fingerprint density at radius 2 is 1.87 bits per heavy atom. The molecule has 0 saturated carbocycles. The summed E-state index contributed by atoms with van der Waals surface area (Å²) < 4.78 is 0. The van der Waals surface area contributed by atoms with Crippen LogP contribution in [-0.4, -0.2) is 9.85 Å². The Hall–Kier alpha value is -1.76. The summed E-state index contributed by atoms with van der Waals surface area (Å²) in [5.41, 5.74) is -0.282. The van der Waals surface area contributed by atoms with Crippen LogP contribution in [0.25, 0.3) is 6.08 Å². The van der Waals surface area contributed by atoms with Gasteiger partial charge in [-0.3, -0.25) is 20.2 Å². The number of rotatable bonds is 3. The maximum absolute atomic E-state index is 10.6. The topological polar surface area (TPSA) is 86.3 Å². The molecule has 0 bridgehead atoms. The van der Waals surface area contributed by atoms with E-state index >= 15 is 0 Å². The van der Waals surface area contributed by atoms with E-state index in [9.17, 15) is 20.2 Å². The Kier molecular flexibility index (Phi) is 3.51. The molecule has 0 aromatic heterocycles. The van der Waals surface area contributed by atoms with Crippen molar-refractivity contribution in [2.45, 2.75) is 0 Å². The Balaban J connectivity index is 3.33. The van der Waals surface area contributed by atoms with Gasteiger partial charge in [0, 0.05) is 6.07 Å². The predicted octanol–water partition coefficient (Wildman–Crippen LogP) is 2.87. The van der Waals surface area contributed by atoms with Crippen LogP contribution in [0.3, 0.4) is 0 Å². The fourth-order valence-electron chi connectivity index (χ4n) is 1.01. The van der Waals surface area contributed by atoms with Gasteiger partial charge in [0.1, 0.15) is 0 Å². The fourth-order valence-corrected chi connectivity index (χ4v) is 1.30. The molecule has 0 spiro atoms. The van der Waals surface area contributed by atoms with Crippen molar-refractivity contribution in [3.63, 3.8) is 0 Å². The molecule has 7 heteroatoms. The van der Waals surface area contributed by atoms with Crippen LogP contribution >= 0.6 is 15.9 Å². The number of nitro groups is 2. The van der Waals surface area contributed by atoms with E-state index in [1.54, 1.807) is 0 Å². The SMILES string of the molecule is O=[N+]([O-])c1ccc(C=CBr)c([N+](=O)[O-])c1. The monoisotopic (exact) mass is 272 g/mol. The lowest BCUT2D eigenvalue weighted by molar-refractivity contribution is -0.394. The van der Waals surface area contributed by atoms with Crippen LogP contribution in [0.4, 0.5) is 11.4 Å². The Morgan fingerprint density at radius 1 is 1.20 bits per heavy atom.